The first-order valence-corrected chi connectivity index (χ1v) is 5.66. The molecule has 0 bridgehead atoms. The van der Waals surface area contributed by atoms with Gasteiger partial charge >= 0.3 is 11.7 Å². The zero-order valence-electron chi connectivity index (χ0n) is 9.35. The predicted molar refractivity (Wildman–Crippen MR) is 61.6 cm³/mol. The van der Waals surface area contributed by atoms with E-state index in [-0.39, 0.29) is 17.7 Å². The van der Waals surface area contributed by atoms with Crippen molar-refractivity contribution in [2.24, 2.45) is 5.92 Å². The molecule has 1 heterocycles. The highest BCUT2D eigenvalue weighted by Crippen LogP contribution is 2.34. The van der Waals surface area contributed by atoms with Gasteiger partial charge in [0.15, 0.2) is 0 Å². The minimum absolute atomic E-state index is 0.184. The summed E-state index contributed by atoms with van der Waals surface area (Å²) in [5.74, 6) is -0.587. The number of anilines is 1. The van der Waals surface area contributed by atoms with Crippen molar-refractivity contribution >= 4 is 11.8 Å². The summed E-state index contributed by atoms with van der Waals surface area (Å²) < 4.78 is 0. The van der Waals surface area contributed by atoms with Gasteiger partial charge in [-0.1, -0.05) is 0 Å². The number of aliphatic carboxylic acids is 1. The molecule has 1 aliphatic rings. The van der Waals surface area contributed by atoms with Crippen molar-refractivity contribution in [3.05, 3.63) is 22.2 Å². The number of rotatable bonds is 2. The first-order valence-electron chi connectivity index (χ1n) is 5.66. The molecule has 0 amide bonds. The Labute approximate surface area is 97.9 Å². The molecule has 1 fully saturated rings. The van der Waals surface area contributed by atoms with Crippen molar-refractivity contribution in [2.45, 2.75) is 31.6 Å². The van der Waals surface area contributed by atoms with Crippen LogP contribution in [0, 0.1) is 5.92 Å². The highest BCUT2D eigenvalue weighted by atomic mass is 16.4. The van der Waals surface area contributed by atoms with Crippen molar-refractivity contribution in [3.63, 3.8) is 0 Å². The van der Waals surface area contributed by atoms with Gasteiger partial charge in [-0.25, -0.2) is 4.79 Å². The lowest BCUT2D eigenvalue weighted by atomic mass is 9.80. The van der Waals surface area contributed by atoms with Crippen LogP contribution in [0.3, 0.4) is 0 Å². The summed E-state index contributed by atoms with van der Waals surface area (Å²) in [6.45, 7) is 0. The van der Waals surface area contributed by atoms with Crippen LogP contribution in [0.5, 0.6) is 0 Å². The molecule has 6 heteroatoms. The van der Waals surface area contributed by atoms with Gasteiger partial charge in [0.2, 0.25) is 0 Å². The van der Waals surface area contributed by atoms with E-state index in [1.165, 1.54) is 0 Å². The summed E-state index contributed by atoms with van der Waals surface area (Å²) in [6.07, 6.45) is 2.81. The summed E-state index contributed by atoms with van der Waals surface area (Å²) in [6, 6.07) is 1.66. The summed E-state index contributed by atoms with van der Waals surface area (Å²) >= 11 is 0. The second kappa shape index (κ2) is 4.57. The van der Waals surface area contributed by atoms with Crippen LogP contribution < -0.4 is 11.4 Å². The third kappa shape index (κ3) is 2.64. The summed E-state index contributed by atoms with van der Waals surface area (Å²) in [4.78, 5) is 28.2. The lowest BCUT2D eigenvalue weighted by Crippen LogP contribution is -2.23. The van der Waals surface area contributed by atoms with E-state index in [9.17, 15) is 9.59 Å². The molecule has 92 valence electrons. The molecular formula is C11H15N3O3. The van der Waals surface area contributed by atoms with Gasteiger partial charge in [0.05, 0.1) is 5.92 Å². The summed E-state index contributed by atoms with van der Waals surface area (Å²) in [7, 11) is 0. The Balaban J connectivity index is 2.10. The Morgan fingerprint density at radius 2 is 2.06 bits per heavy atom. The van der Waals surface area contributed by atoms with Gasteiger partial charge in [0.1, 0.15) is 5.82 Å². The smallest absolute Gasteiger partial charge is 0.347 e. The minimum Gasteiger partial charge on any atom is -0.481 e. The molecule has 1 aromatic heterocycles. The second-order valence-corrected chi connectivity index (χ2v) is 4.45. The normalized spacial score (nSPS) is 24.5. The number of nitrogen functional groups attached to an aromatic ring is 1. The van der Waals surface area contributed by atoms with E-state index < -0.39 is 11.7 Å². The fraction of sp³-hybridized carbons (Fsp3) is 0.545. The van der Waals surface area contributed by atoms with Gasteiger partial charge < -0.3 is 15.8 Å². The lowest BCUT2D eigenvalue weighted by Gasteiger charge is -2.25. The van der Waals surface area contributed by atoms with E-state index in [1.807, 2.05) is 0 Å². The van der Waals surface area contributed by atoms with Crippen molar-refractivity contribution in [1.29, 1.82) is 0 Å². The maximum Gasteiger partial charge on any atom is 0.347 e. The van der Waals surface area contributed by atoms with E-state index in [2.05, 4.69) is 9.97 Å². The summed E-state index contributed by atoms with van der Waals surface area (Å²) in [5.41, 5.74) is 5.84. The SMILES string of the molecule is Nc1cc(C2CCC(C(=O)O)CC2)[nH]c(=O)n1. The number of hydrogen-bond acceptors (Lipinski definition) is 4. The van der Waals surface area contributed by atoms with Crippen LogP contribution >= 0.6 is 0 Å². The van der Waals surface area contributed by atoms with Crippen molar-refractivity contribution in [3.8, 4) is 0 Å². The van der Waals surface area contributed by atoms with E-state index in [1.54, 1.807) is 6.07 Å². The first-order chi connectivity index (χ1) is 8.06. The molecule has 4 N–H and O–H groups in total. The number of nitrogens with two attached hydrogens (primary N) is 1. The Bertz CT molecular complexity index is 475. The Kier molecular flexibility index (Phi) is 3.12. The Hall–Kier alpha value is -1.85. The van der Waals surface area contributed by atoms with Crippen LogP contribution in [0.2, 0.25) is 0 Å². The molecule has 17 heavy (non-hydrogen) atoms. The molecule has 0 unspecified atom stereocenters. The van der Waals surface area contributed by atoms with E-state index in [0.717, 1.165) is 18.5 Å². The van der Waals surface area contributed by atoms with Crippen LogP contribution in [-0.2, 0) is 4.79 Å². The zero-order chi connectivity index (χ0) is 12.4. The molecule has 1 aliphatic carbocycles. The maximum atomic E-state index is 11.2. The number of aromatic amines is 1. The second-order valence-electron chi connectivity index (χ2n) is 4.45. The van der Waals surface area contributed by atoms with E-state index in [0.29, 0.717) is 12.8 Å². The van der Waals surface area contributed by atoms with Crippen LogP contribution in [0.15, 0.2) is 10.9 Å². The Morgan fingerprint density at radius 1 is 1.41 bits per heavy atom. The zero-order valence-corrected chi connectivity index (χ0v) is 9.35. The monoisotopic (exact) mass is 237 g/mol. The average Bonchev–Trinajstić information content (AvgIpc) is 2.28. The molecule has 1 aromatic rings. The minimum atomic E-state index is -0.730. The number of nitrogens with zero attached hydrogens (tertiary/aromatic N) is 1. The Morgan fingerprint density at radius 3 is 2.59 bits per heavy atom. The number of carboxylic acids is 1. The van der Waals surface area contributed by atoms with Gasteiger partial charge in [-0.05, 0) is 31.6 Å². The van der Waals surface area contributed by atoms with Gasteiger partial charge in [0, 0.05) is 11.8 Å². The fourth-order valence-corrected chi connectivity index (χ4v) is 2.37. The van der Waals surface area contributed by atoms with E-state index >= 15 is 0 Å². The number of hydrogen-bond donors (Lipinski definition) is 3. The van der Waals surface area contributed by atoms with Crippen molar-refractivity contribution in [2.75, 3.05) is 5.73 Å². The fourth-order valence-electron chi connectivity index (χ4n) is 2.37. The third-order valence-corrected chi connectivity index (χ3v) is 3.30. The average molecular weight is 237 g/mol. The van der Waals surface area contributed by atoms with Crippen LogP contribution in [0.25, 0.3) is 0 Å². The van der Waals surface area contributed by atoms with Crippen molar-refractivity contribution in [1.82, 2.24) is 9.97 Å². The molecule has 2 rings (SSSR count). The molecule has 0 saturated heterocycles. The van der Waals surface area contributed by atoms with Gasteiger partial charge in [-0.3, -0.25) is 4.79 Å². The number of aromatic nitrogens is 2. The molecule has 0 atom stereocenters. The van der Waals surface area contributed by atoms with Crippen LogP contribution in [0.1, 0.15) is 37.3 Å². The van der Waals surface area contributed by atoms with Gasteiger partial charge in [-0.15, -0.1) is 0 Å². The molecule has 0 radical (unpaired) electrons. The number of H-pyrrole nitrogens is 1. The number of carbonyl (C=O) groups is 1. The predicted octanol–water partition coefficient (Wildman–Crippen LogP) is 0.710. The highest BCUT2D eigenvalue weighted by Gasteiger charge is 2.27. The molecular weight excluding hydrogens is 222 g/mol. The standard InChI is InChI=1S/C11H15N3O3/c12-9-5-8(13-11(17)14-9)6-1-3-7(4-2-6)10(15)16/h5-7H,1-4H2,(H,15,16)(H3,12,13,14,17). The molecule has 0 aromatic carbocycles. The van der Waals surface area contributed by atoms with Crippen LogP contribution in [-0.4, -0.2) is 21.0 Å². The number of carboxylic acid groups (broad SMARTS) is 1. The lowest BCUT2D eigenvalue weighted by molar-refractivity contribution is -0.142. The molecule has 6 nitrogen and oxygen atoms in total. The highest BCUT2D eigenvalue weighted by molar-refractivity contribution is 5.70. The topological polar surface area (TPSA) is 109 Å². The molecule has 0 spiro atoms. The van der Waals surface area contributed by atoms with Gasteiger partial charge in [0.25, 0.3) is 0 Å². The first kappa shape index (κ1) is 11.6. The van der Waals surface area contributed by atoms with Crippen LogP contribution in [0.4, 0.5) is 5.82 Å². The quantitative estimate of drug-likeness (QED) is 0.701. The molecule has 1 saturated carbocycles. The maximum absolute atomic E-state index is 11.2. The largest absolute Gasteiger partial charge is 0.481 e. The molecule has 0 aliphatic heterocycles. The summed E-state index contributed by atoms with van der Waals surface area (Å²) in [5, 5.41) is 8.90. The third-order valence-electron chi connectivity index (χ3n) is 3.30. The van der Waals surface area contributed by atoms with Crippen molar-refractivity contribution < 1.29 is 9.90 Å². The van der Waals surface area contributed by atoms with Gasteiger partial charge in [-0.2, -0.15) is 4.98 Å². The van der Waals surface area contributed by atoms with E-state index in [4.69, 9.17) is 10.8 Å². The number of nitrogens with one attached hydrogen (secondary N) is 1.